The van der Waals surface area contributed by atoms with Crippen molar-refractivity contribution in [3.05, 3.63) is 24.3 Å². The second-order valence-corrected chi connectivity index (χ2v) is 8.51. The third-order valence-electron chi connectivity index (χ3n) is 4.28. The summed E-state index contributed by atoms with van der Waals surface area (Å²) in [4.78, 5) is 24.6. The molecule has 1 fully saturated rings. The fourth-order valence-electron chi connectivity index (χ4n) is 2.65. The molecule has 2 heterocycles. The number of nitrogens with zero attached hydrogens (tertiary/aromatic N) is 5. The molecule has 134 valence electrons. The number of carbonyl (C=O) groups excluding carboxylic acids is 1. The average Bonchev–Trinajstić information content (AvgIpc) is 3.03. The highest BCUT2D eigenvalue weighted by Gasteiger charge is 2.29. The number of likely N-dealkylation sites (tertiary alicyclic amines) is 1. The topological polar surface area (TPSA) is 86.7 Å². The number of hydrogen-bond acceptors (Lipinski definition) is 6. The molecule has 0 aromatic carbocycles. The van der Waals surface area contributed by atoms with Gasteiger partial charge in [0, 0.05) is 52.0 Å². The molecule has 1 aromatic heterocycles. The number of likely N-dealkylation sites (N-methyl/N-ethyl adjacent to an activating group) is 1. The number of amides is 1. The van der Waals surface area contributed by atoms with Gasteiger partial charge in [0.25, 0.3) is 0 Å². The Hall–Kier alpha value is -1.58. The van der Waals surface area contributed by atoms with Gasteiger partial charge >= 0.3 is 0 Å². The molecule has 9 heteroatoms. The molecule has 0 radical (unpaired) electrons. The predicted molar refractivity (Wildman–Crippen MR) is 90.6 cm³/mol. The fraction of sp³-hybridized carbons (Fsp3) is 0.667. The summed E-state index contributed by atoms with van der Waals surface area (Å²) in [5.74, 6) is 0.502. The maximum Gasteiger partial charge on any atom is 0.223 e. The second kappa shape index (κ2) is 8.00. The van der Waals surface area contributed by atoms with Crippen LogP contribution in [0, 0.1) is 0 Å². The van der Waals surface area contributed by atoms with Gasteiger partial charge in [-0.3, -0.25) is 9.69 Å². The van der Waals surface area contributed by atoms with Gasteiger partial charge < -0.3 is 4.90 Å². The number of sulfonamides is 1. The number of carbonyl (C=O) groups is 1. The Balaban J connectivity index is 1.82. The standard InChI is InChI=1S/C15H25N5O3S/c1-18(2)24(22,23)10-6-15(21)20-9-5-13(11-20)19(3)12-14-16-7-4-8-17-14/h4,7-8,13H,5-6,9-12H2,1-3H3. The van der Waals surface area contributed by atoms with Crippen LogP contribution in [0.15, 0.2) is 18.5 Å². The first-order valence-electron chi connectivity index (χ1n) is 7.93. The SMILES string of the molecule is CN(Cc1ncccn1)C1CCN(C(=O)CCS(=O)(=O)N(C)C)C1. The van der Waals surface area contributed by atoms with Gasteiger partial charge in [0.05, 0.1) is 12.3 Å². The lowest BCUT2D eigenvalue weighted by Gasteiger charge is -2.24. The van der Waals surface area contributed by atoms with Gasteiger partial charge in [0.2, 0.25) is 15.9 Å². The molecular formula is C15H25N5O3S. The highest BCUT2D eigenvalue weighted by atomic mass is 32.2. The summed E-state index contributed by atoms with van der Waals surface area (Å²) in [6.45, 7) is 1.90. The lowest BCUT2D eigenvalue weighted by molar-refractivity contribution is -0.129. The summed E-state index contributed by atoms with van der Waals surface area (Å²) in [5, 5.41) is 0. The first kappa shape index (κ1) is 18.8. The molecule has 0 spiro atoms. The van der Waals surface area contributed by atoms with E-state index in [0.29, 0.717) is 19.6 Å². The molecule has 8 nitrogen and oxygen atoms in total. The van der Waals surface area contributed by atoms with Crippen LogP contribution in [0.2, 0.25) is 0 Å². The molecule has 1 amide bonds. The zero-order valence-corrected chi connectivity index (χ0v) is 15.2. The van der Waals surface area contributed by atoms with E-state index in [1.807, 2.05) is 7.05 Å². The zero-order chi connectivity index (χ0) is 17.7. The molecule has 1 unspecified atom stereocenters. The molecule has 1 saturated heterocycles. The lowest BCUT2D eigenvalue weighted by Crippen LogP contribution is -2.37. The van der Waals surface area contributed by atoms with Crippen LogP contribution in [0.5, 0.6) is 0 Å². The highest BCUT2D eigenvalue weighted by molar-refractivity contribution is 7.89. The monoisotopic (exact) mass is 355 g/mol. The molecule has 1 atom stereocenters. The third kappa shape index (κ3) is 4.96. The summed E-state index contributed by atoms with van der Waals surface area (Å²) < 4.78 is 24.7. The minimum Gasteiger partial charge on any atom is -0.341 e. The first-order valence-corrected chi connectivity index (χ1v) is 9.54. The van der Waals surface area contributed by atoms with Crippen molar-refractivity contribution < 1.29 is 13.2 Å². The van der Waals surface area contributed by atoms with Crippen LogP contribution in [0.1, 0.15) is 18.7 Å². The summed E-state index contributed by atoms with van der Waals surface area (Å²) in [6, 6.07) is 2.02. The smallest absolute Gasteiger partial charge is 0.223 e. The van der Waals surface area contributed by atoms with Crippen molar-refractivity contribution >= 4 is 15.9 Å². The van der Waals surface area contributed by atoms with Gasteiger partial charge in [0.15, 0.2) is 0 Å². The van der Waals surface area contributed by atoms with Gasteiger partial charge in [-0.25, -0.2) is 22.7 Å². The maximum absolute atomic E-state index is 12.2. The van der Waals surface area contributed by atoms with Gasteiger partial charge in [-0.15, -0.1) is 0 Å². The lowest BCUT2D eigenvalue weighted by atomic mass is 10.2. The average molecular weight is 355 g/mol. The van der Waals surface area contributed by atoms with Crippen LogP contribution < -0.4 is 0 Å². The summed E-state index contributed by atoms with van der Waals surface area (Å²) in [6.07, 6.45) is 4.33. The van der Waals surface area contributed by atoms with Crippen molar-refractivity contribution in [2.75, 3.05) is 40.0 Å². The maximum atomic E-state index is 12.2. The Kier molecular flexibility index (Phi) is 6.25. The number of hydrogen-bond donors (Lipinski definition) is 0. The molecule has 0 saturated carbocycles. The van der Waals surface area contributed by atoms with Crippen molar-refractivity contribution in [2.24, 2.45) is 0 Å². The van der Waals surface area contributed by atoms with Crippen LogP contribution in [-0.2, 0) is 21.4 Å². The van der Waals surface area contributed by atoms with E-state index >= 15 is 0 Å². The molecule has 1 aliphatic heterocycles. The summed E-state index contributed by atoms with van der Waals surface area (Å²) in [5.41, 5.74) is 0. The van der Waals surface area contributed by atoms with E-state index in [1.165, 1.54) is 14.1 Å². The zero-order valence-electron chi connectivity index (χ0n) is 14.4. The van der Waals surface area contributed by atoms with Crippen LogP contribution in [0.3, 0.4) is 0 Å². The molecule has 2 rings (SSSR count). The Morgan fingerprint density at radius 3 is 2.58 bits per heavy atom. The minimum atomic E-state index is -3.33. The van der Waals surface area contributed by atoms with E-state index < -0.39 is 10.0 Å². The van der Waals surface area contributed by atoms with E-state index in [-0.39, 0.29) is 24.1 Å². The fourth-order valence-corrected chi connectivity index (χ4v) is 3.45. The van der Waals surface area contributed by atoms with Gasteiger partial charge in [0.1, 0.15) is 5.82 Å². The highest BCUT2D eigenvalue weighted by Crippen LogP contribution is 2.17. The van der Waals surface area contributed by atoms with Gasteiger partial charge in [-0.2, -0.15) is 0 Å². The Morgan fingerprint density at radius 1 is 1.29 bits per heavy atom. The van der Waals surface area contributed by atoms with E-state index in [2.05, 4.69) is 14.9 Å². The van der Waals surface area contributed by atoms with Crippen molar-refractivity contribution in [1.29, 1.82) is 0 Å². The van der Waals surface area contributed by atoms with Crippen molar-refractivity contribution in [3.63, 3.8) is 0 Å². The molecular weight excluding hydrogens is 330 g/mol. The predicted octanol–water partition coefficient (Wildman–Crippen LogP) is -0.209. The van der Waals surface area contributed by atoms with Crippen LogP contribution >= 0.6 is 0 Å². The quantitative estimate of drug-likeness (QED) is 0.673. The minimum absolute atomic E-state index is 0.0265. The normalized spacial score (nSPS) is 18.5. The second-order valence-electron chi connectivity index (χ2n) is 6.21. The largest absolute Gasteiger partial charge is 0.341 e. The van der Waals surface area contributed by atoms with E-state index in [9.17, 15) is 13.2 Å². The number of rotatable bonds is 7. The summed E-state index contributed by atoms with van der Waals surface area (Å²) in [7, 11) is 1.61. The van der Waals surface area contributed by atoms with Crippen molar-refractivity contribution in [3.8, 4) is 0 Å². The Morgan fingerprint density at radius 2 is 1.96 bits per heavy atom. The van der Waals surface area contributed by atoms with E-state index in [0.717, 1.165) is 16.6 Å². The first-order chi connectivity index (χ1) is 11.3. The van der Waals surface area contributed by atoms with Crippen molar-refractivity contribution in [2.45, 2.75) is 25.4 Å². The summed E-state index contributed by atoms with van der Waals surface area (Å²) >= 11 is 0. The van der Waals surface area contributed by atoms with Gasteiger partial charge in [-0.1, -0.05) is 0 Å². The van der Waals surface area contributed by atoms with Crippen molar-refractivity contribution in [1.82, 2.24) is 24.1 Å². The molecule has 0 aliphatic carbocycles. The molecule has 0 N–H and O–H groups in total. The molecule has 1 aliphatic rings. The van der Waals surface area contributed by atoms with Gasteiger partial charge in [-0.05, 0) is 19.5 Å². The number of aromatic nitrogens is 2. The molecule has 1 aromatic rings. The Bertz CT molecular complexity index is 650. The van der Waals surface area contributed by atoms with Crippen LogP contribution in [0.25, 0.3) is 0 Å². The van der Waals surface area contributed by atoms with Crippen LogP contribution in [0.4, 0.5) is 0 Å². The Labute approximate surface area is 143 Å². The van der Waals surface area contributed by atoms with E-state index in [1.54, 1.807) is 23.4 Å². The van der Waals surface area contributed by atoms with E-state index in [4.69, 9.17) is 0 Å². The third-order valence-corrected chi connectivity index (χ3v) is 6.11. The molecule has 24 heavy (non-hydrogen) atoms. The van der Waals surface area contributed by atoms with Crippen LogP contribution in [-0.4, -0.2) is 84.4 Å². The molecule has 0 bridgehead atoms.